The van der Waals surface area contributed by atoms with Crippen LogP contribution in [0.15, 0.2) is 18.2 Å². The quantitative estimate of drug-likeness (QED) is 0.694. The van der Waals surface area contributed by atoms with Crippen molar-refractivity contribution < 1.29 is 4.39 Å². The zero-order valence-electron chi connectivity index (χ0n) is 10.6. The molecule has 1 aromatic rings. The second-order valence-electron chi connectivity index (χ2n) is 4.67. The first-order valence-electron chi connectivity index (χ1n) is 6.60. The molecule has 2 saturated heterocycles. The van der Waals surface area contributed by atoms with Crippen molar-refractivity contribution in [2.45, 2.75) is 22.0 Å². The average molecular weight is 333 g/mol. The Hall–Kier alpha value is 0.550. The van der Waals surface area contributed by atoms with Gasteiger partial charge in [-0.2, -0.15) is 0 Å². The number of hydrogen-bond acceptors (Lipinski definition) is 4. The lowest BCUT2D eigenvalue weighted by molar-refractivity contribution is 0.625. The fraction of sp³-hybridized carbons (Fsp3) is 0.571. The summed E-state index contributed by atoms with van der Waals surface area (Å²) in [5, 5.41) is 0. The van der Waals surface area contributed by atoms with Gasteiger partial charge in [-0.15, -0.1) is 47.0 Å². The molecule has 0 nitrogen and oxygen atoms in total. The highest BCUT2D eigenvalue weighted by atomic mass is 32.2. The molecular formula is C14H17FS4. The second kappa shape index (κ2) is 7.01. The van der Waals surface area contributed by atoms with Crippen LogP contribution in [-0.2, 0) is 0 Å². The van der Waals surface area contributed by atoms with Crippen molar-refractivity contribution in [2.24, 2.45) is 0 Å². The number of rotatable bonds is 2. The SMILES string of the molecule is Fc1cc(C2SCCCS2)cc(C2SCCCS2)c1. The van der Waals surface area contributed by atoms with Gasteiger partial charge in [-0.3, -0.25) is 0 Å². The highest BCUT2D eigenvalue weighted by Crippen LogP contribution is 2.47. The molecule has 0 bridgehead atoms. The molecule has 0 aliphatic carbocycles. The van der Waals surface area contributed by atoms with Crippen LogP contribution >= 0.6 is 47.0 Å². The third-order valence-electron chi connectivity index (χ3n) is 3.14. The summed E-state index contributed by atoms with van der Waals surface area (Å²) >= 11 is 7.85. The number of hydrogen-bond donors (Lipinski definition) is 0. The van der Waals surface area contributed by atoms with Gasteiger partial charge in [0.25, 0.3) is 0 Å². The molecule has 0 saturated carbocycles. The summed E-state index contributed by atoms with van der Waals surface area (Å²) in [4.78, 5) is 0. The Morgan fingerprint density at radius 2 is 1.16 bits per heavy atom. The van der Waals surface area contributed by atoms with Crippen LogP contribution in [0.2, 0.25) is 0 Å². The predicted molar refractivity (Wildman–Crippen MR) is 90.9 cm³/mol. The average Bonchev–Trinajstić information content (AvgIpc) is 2.48. The van der Waals surface area contributed by atoms with Crippen molar-refractivity contribution >= 4 is 47.0 Å². The van der Waals surface area contributed by atoms with E-state index in [1.54, 1.807) is 12.1 Å². The molecule has 2 aliphatic heterocycles. The van der Waals surface area contributed by atoms with Crippen LogP contribution in [-0.4, -0.2) is 23.0 Å². The summed E-state index contributed by atoms with van der Waals surface area (Å²) in [6.45, 7) is 0. The van der Waals surface area contributed by atoms with E-state index in [4.69, 9.17) is 0 Å². The van der Waals surface area contributed by atoms with Crippen molar-refractivity contribution in [2.75, 3.05) is 23.0 Å². The summed E-state index contributed by atoms with van der Waals surface area (Å²) in [5.41, 5.74) is 2.35. The normalized spacial score (nSPS) is 22.6. The van der Waals surface area contributed by atoms with Crippen LogP contribution in [0.1, 0.15) is 33.1 Å². The molecule has 104 valence electrons. The van der Waals surface area contributed by atoms with Gasteiger partial charge in [-0.1, -0.05) is 6.07 Å². The molecule has 2 fully saturated rings. The van der Waals surface area contributed by atoms with E-state index in [2.05, 4.69) is 6.07 Å². The Kier molecular flexibility index (Phi) is 5.34. The largest absolute Gasteiger partial charge is 0.207 e. The van der Waals surface area contributed by atoms with Gasteiger partial charge in [0.15, 0.2) is 0 Å². The highest BCUT2D eigenvalue weighted by molar-refractivity contribution is 8.17. The monoisotopic (exact) mass is 332 g/mol. The molecule has 0 atom stereocenters. The Labute approximate surface area is 131 Å². The van der Waals surface area contributed by atoms with Crippen LogP contribution < -0.4 is 0 Å². The molecule has 2 heterocycles. The van der Waals surface area contributed by atoms with Gasteiger partial charge in [0.2, 0.25) is 0 Å². The van der Waals surface area contributed by atoms with E-state index in [0.717, 1.165) is 0 Å². The Morgan fingerprint density at radius 1 is 0.737 bits per heavy atom. The number of benzene rings is 1. The maximum absolute atomic E-state index is 13.9. The van der Waals surface area contributed by atoms with Crippen LogP contribution in [0.25, 0.3) is 0 Å². The van der Waals surface area contributed by atoms with Crippen molar-refractivity contribution in [1.82, 2.24) is 0 Å². The Bertz CT molecular complexity index is 389. The van der Waals surface area contributed by atoms with E-state index in [9.17, 15) is 4.39 Å². The van der Waals surface area contributed by atoms with Gasteiger partial charge in [-0.05, 0) is 59.1 Å². The Balaban J connectivity index is 1.82. The third-order valence-corrected chi connectivity index (χ3v) is 9.17. The lowest BCUT2D eigenvalue weighted by atomic mass is 10.1. The number of halogens is 1. The second-order valence-corrected chi connectivity index (χ2v) is 10.1. The predicted octanol–water partition coefficient (Wildman–Crippen LogP) is 5.56. The van der Waals surface area contributed by atoms with Crippen molar-refractivity contribution in [3.8, 4) is 0 Å². The molecule has 19 heavy (non-hydrogen) atoms. The number of thioether (sulfide) groups is 4. The smallest absolute Gasteiger partial charge is 0.123 e. The summed E-state index contributed by atoms with van der Waals surface area (Å²) in [6, 6.07) is 5.71. The topological polar surface area (TPSA) is 0 Å². The van der Waals surface area contributed by atoms with E-state index in [1.165, 1.54) is 47.0 Å². The molecule has 1 aromatic carbocycles. The fourth-order valence-electron chi connectivity index (χ4n) is 2.27. The van der Waals surface area contributed by atoms with Crippen LogP contribution in [0.5, 0.6) is 0 Å². The van der Waals surface area contributed by atoms with Gasteiger partial charge in [0.05, 0.1) is 9.16 Å². The lowest BCUT2D eigenvalue weighted by Gasteiger charge is -2.25. The minimum absolute atomic E-state index is 0.0638. The third kappa shape index (κ3) is 3.80. The molecule has 0 amide bonds. The summed E-state index contributed by atoms with van der Waals surface area (Å²) < 4.78 is 14.8. The van der Waals surface area contributed by atoms with Gasteiger partial charge in [-0.25, -0.2) is 4.39 Å². The van der Waals surface area contributed by atoms with E-state index in [-0.39, 0.29) is 5.82 Å². The molecule has 2 aliphatic rings. The first-order valence-corrected chi connectivity index (χ1v) is 10.8. The molecule has 0 unspecified atom stereocenters. The highest BCUT2D eigenvalue weighted by Gasteiger charge is 2.21. The Morgan fingerprint density at radius 3 is 1.58 bits per heavy atom. The standard InChI is InChI=1S/C14H17FS4/c15-12-8-10(13-16-3-1-4-17-13)7-11(9-12)14-18-5-2-6-19-14/h7-9,13-14H,1-6H2. The van der Waals surface area contributed by atoms with Gasteiger partial charge < -0.3 is 0 Å². The van der Waals surface area contributed by atoms with E-state index in [0.29, 0.717) is 9.16 Å². The first kappa shape index (κ1) is 14.5. The molecular weight excluding hydrogens is 315 g/mol. The van der Waals surface area contributed by atoms with E-state index >= 15 is 0 Å². The molecule has 0 radical (unpaired) electrons. The summed E-state index contributed by atoms with van der Waals surface area (Å²) in [6.07, 6.45) is 2.56. The minimum atomic E-state index is -0.0638. The molecule has 0 aromatic heterocycles. The zero-order valence-corrected chi connectivity index (χ0v) is 13.9. The van der Waals surface area contributed by atoms with Crippen LogP contribution in [0.4, 0.5) is 4.39 Å². The maximum atomic E-state index is 13.9. The molecule has 0 spiro atoms. The summed E-state index contributed by atoms with van der Waals surface area (Å²) in [5.74, 6) is 4.76. The van der Waals surface area contributed by atoms with Gasteiger partial charge >= 0.3 is 0 Å². The van der Waals surface area contributed by atoms with Crippen molar-refractivity contribution in [1.29, 1.82) is 0 Å². The van der Waals surface area contributed by atoms with Gasteiger partial charge in [0.1, 0.15) is 5.82 Å². The first-order chi connectivity index (χ1) is 9.33. The molecule has 0 N–H and O–H groups in total. The maximum Gasteiger partial charge on any atom is 0.123 e. The molecule has 3 rings (SSSR count). The van der Waals surface area contributed by atoms with Crippen LogP contribution in [0, 0.1) is 5.82 Å². The molecule has 5 heteroatoms. The van der Waals surface area contributed by atoms with Gasteiger partial charge in [0, 0.05) is 0 Å². The van der Waals surface area contributed by atoms with Crippen molar-refractivity contribution in [3.05, 3.63) is 35.1 Å². The minimum Gasteiger partial charge on any atom is -0.207 e. The lowest BCUT2D eigenvalue weighted by Crippen LogP contribution is -2.04. The van der Waals surface area contributed by atoms with Crippen molar-refractivity contribution in [3.63, 3.8) is 0 Å². The van der Waals surface area contributed by atoms with Crippen LogP contribution in [0.3, 0.4) is 0 Å². The van der Waals surface area contributed by atoms with E-state index in [1.807, 2.05) is 47.0 Å². The zero-order chi connectivity index (χ0) is 13.1. The summed E-state index contributed by atoms with van der Waals surface area (Å²) in [7, 11) is 0. The fourth-order valence-corrected chi connectivity index (χ4v) is 7.97. The van der Waals surface area contributed by atoms with E-state index < -0.39 is 0 Å².